The lowest BCUT2D eigenvalue weighted by Gasteiger charge is -2.24. The van der Waals surface area contributed by atoms with Gasteiger partial charge in [-0.15, -0.1) is 0 Å². The van der Waals surface area contributed by atoms with Crippen LogP contribution in [0.1, 0.15) is 24.0 Å². The number of benzene rings is 1. The summed E-state index contributed by atoms with van der Waals surface area (Å²) in [4.78, 5) is 2.34. The monoisotopic (exact) mass is 265 g/mol. The van der Waals surface area contributed by atoms with Gasteiger partial charge < -0.3 is 14.6 Å². The molecule has 0 aliphatic carbocycles. The molecule has 1 aliphatic heterocycles. The maximum atomic E-state index is 9.38. The molecule has 106 valence electrons. The highest BCUT2D eigenvalue weighted by Gasteiger charge is 2.24. The molecule has 4 heteroatoms. The van der Waals surface area contributed by atoms with E-state index in [0.717, 1.165) is 37.4 Å². The summed E-state index contributed by atoms with van der Waals surface area (Å²) in [6.45, 7) is 4.24. The summed E-state index contributed by atoms with van der Waals surface area (Å²) >= 11 is 0. The first-order valence-electron chi connectivity index (χ1n) is 6.76. The molecule has 4 nitrogen and oxygen atoms in total. The van der Waals surface area contributed by atoms with Gasteiger partial charge in [-0.25, -0.2) is 0 Å². The molecule has 0 unspecified atom stereocenters. The molecule has 0 amide bonds. The number of nitrogens with zero attached hydrogens (tertiary/aromatic N) is 1. The smallest absolute Gasteiger partial charge is 0.161 e. The molecular weight excluding hydrogens is 242 g/mol. The van der Waals surface area contributed by atoms with E-state index in [2.05, 4.69) is 11.8 Å². The van der Waals surface area contributed by atoms with Gasteiger partial charge in [0.15, 0.2) is 11.5 Å². The van der Waals surface area contributed by atoms with Crippen LogP contribution in [0.25, 0.3) is 0 Å². The summed E-state index contributed by atoms with van der Waals surface area (Å²) in [5.41, 5.74) is 2.43. The van der Waals surface area contributed by atoms with Crippen LogP contribution in [0.4, 0.5) is 0 Å². The number of aryl methyl sites for hydroxylation is 1. The standard InChI is InChI=1S/C15H23NO3/c1-11-7-14(18-2)15(19-3)8-12(11)9-16-6-4-5-13(16)10-17/h7-8,13,17H,4-6,9-10H2,1-3H3/t13-/m0/s1. The highest BCUT2D eigenvalue weighted by molar-refractivity contribution is 5.47. The van der Waals surface area contributed by atoms with Crippen LogP contribution in [-0.2, 0) is 6.54 Å². The molecule has 0 radical (unpaired) electrons. The SMILES string of the molecule is COc1cc(C)c(CN2CCC[C@H]2CO)cc1OC. The third-order valence-electron chi connectivity index (χ3n) is 3.93. The van der Waals surface area contributed by atoms with Gasteiger partial charge >= 0.3 is 0 Å². The van der Waals surface area contributed by atoms with Crippen molar-refractivity contribution in [2.45, 2.75) is 32.4 Å². The van der Waals surface area contributed by atoms with Crippen LogP contribution in [0, 0.1) is 6.92 Å². The predicted molar refractivity (Wildman–Crippen MR) is 74.8 cm³/mol. The molecule has 1 atom stereocenters. The molecule has 1 saturated heterocycles. The minimum atomic E-state index is 0.242. The van der Waals surface area contributed by atoms with E-state index in [4.69, 9.17) is 9.47 Å². The second-order valence-electron chi connectivity index (χ2n) is 5.08. The Bertz CT molecular complexity index is 434. The lowest BCUT2D eigenvalue weighted by Crippen LogP contribution is -2.31. The van der Waals surface area contributed by atoms with E-state index in [9.17, 15) is 5.11 Å². The summed E-state index contributed by atoms with van der Waals surface area (Å²) in [5.74, 6) is 1.53. The van der Waals surface area contributed by atoms with Gasteiger partial charge in [0.1, 0.15) is 0 Å². The van der Waals surface area contributed by atoms with E-state index in [0.29, 0.717) is 6.04 Å². The molecule has 1 aliphatic rings. The average molecular weight is 265 g/mol. The lowest BCUT2D eigenvalue weighted by molar-refractivity contribution is 0.153. The van der Waals surface area contributed by atoms with Gasteiger partial charge in [0.05, 0.1) is 20.8 Å². The number of ether oxygens (including phenoxy) is 2. The van der Waals surface area contributed by atoms with Crippen molar-refractivity contribution in [3.05, 3.63) is 23.3 Å². The molecule has 1 aromatic carbocycles. The predicted octanol–water partition coefficient (Wildman–Crippen LogP) is 1.97. The van der Waals surface area contributed by atoms with Crippen molar-refractivity contribution < 1.29 is 14.6 Å². The van der Waals surface area contributed by atoms with Crippen LogP contribution in [0.5, 0.6) is 11.5 Å². The fraction of sp³-hybridized carbons (Fsp3) is 0.600. The Balaban J connectivity index is 2.20. The molecule has 2 rings (SSSR count). The van der Waals surface area contributed by atoms with Crippen molar-refractivity contribution >= 4 is 0 Å². The fourth-order valence-electron chi connectivity index (χ4n) is 2.72. The summed E-state index contributed by atoms with van der Waals surface area (Å²) in [6, 6.07) is 4.35. The van der Waals surface area contributed by atoms with Gasteiger partial charge in [-0.2, -0.15) is 0 Å². The van der Waals surface area contributed by atoms with Crippen LogP contribution < -0.4 is 9.47 Å². The van der Waals surface area contributed by atoms with Crippen molar-refractivity contribution in [3.8, 4) is 11.5 Å². The Labute approximate surface area is 114 Å². The van der Waals surface area contributed by atoms with E-state index in [1.165, 1.54) is 11.1 Å². The Hall–Kier alpha value is -1.26. The highest BCUT2D eigenvalue weighted by atomic mass is 16.5. The van der Waals surface area contributed by atoms with Gasteiger partial charge in [-0.3, -0.25) is 4.90 Å². The van der Waals surface area contributed by atoms with E-state index in [-0.39, 0.29) is 6.61 Å². The quantitative estimate of drug-likeness (QED) is 0.884. The molecule has 1 heterocycles. The van der Waals surface area contributed by atoms with Gasteiger partial charge in [-0.05, 0) is 49.6 Å². The third-order valence-corrected chi connectivity index (χ3v) is 3.93. The van der Waals surface area contributed by atoms with Crippen molar-refractivity contribution in [2.75, 3.05) is 27.4 Å². The van der Waals surface area contributed by atoms with Crippen LogP contribution in [0.2, 0.25) is 0 Å². The van der Waals surface area contributed by atoms with Crippen molar-refractivity contribution in [1.29, 1.82) is 0 Å². The Morgan fingerprint density at radius 2 is 1.95 bits per heavy atom. The molecule has 1 fully saturated rings. The number of likely N-dealkylation sites (tertiary alicyclic amines) is 1. The molecule has 0 bridgehead atoms. The molecule has 1 aromatic rings. The molecular formula is C15H23NO3. The first kappa shape index (κ1) is 14.2. The van der Waals surface area contributed by atoms with Crippen LogP contribution in [-0.4, -0.2) is 43.4 Å². The molecule has 19 heavy (non-hydrogen) atoms. The minimum absolute atomic E-state index is 0.242. The van der Waals surface area contributed by atoms with Crippen molar-refractivity contribution in [3.63, 3.8) is 0 Å². The van der Waals surface area contributed by atoms with E-state index in [1.54, 1.807) is 14.2 Å². The first-order valence-corrected chi connectivity index (χ1v) is 6.76. The number of aliphatic hydroxyl groups excluding tert-OH is 1. The zero-order valence-corrected chi connectivity index (χ0v) is 12.0. The Morgan fingerprint density at radius 3 is 2.58 bits per heavy atom. The average Bonchev–Trinajstić information content (AvgIpc) is 2.87. The largest absolute Gasteiger partial charge is 0.493 e. The van der Waals surface area contributed by atoms with Crippen LogP contribution in [0.15, 0.2) is 12.1 Å². The van der Waals surface area contributed by atoms with E-state index in [1.807, 2.05) is 12.1 Å². The van der Waals surface area contributed by atoms with Crippen LogP contribution in [0.3, 0.4) is 0 Å². The number of aliphatic hydroxyl groups is 1. The van der Waals surface area contributed by atoms with Gasteiger partial charge in [0.2, 0.25) is 0 Å². The summed E-state index contributed by atoms with van der Waals surface area (Å²) in [5, 5.41) is 9.38. The highest BCUT2D eigenvalue weighted by Crippen LogP contribution is 2.31. The second kappa shape index (κ2) is 6.26. The minimum Gasteiger partial charge on any atom is -0.493 e. The summed E-state index contributed by atoms with van der Waals surface area (Å²) < 4.78 is 10.7. The topological polar surface area (TPSA) is 41.9 Å². The summed E-state index contributed by atoms with van der Waals surface area (Å²) in [6.07, 6.45) is 2.25. The lowest BCUT2D eigenvalue weighted by atomic mass is 10.1. The van der Waals surface area contributed by atoms with Crippen LogP contribution >= 0.6 is 0 Å². The van der Waals surface area contributed by atoms with Crippen molar-refractivity contribution in [2.24, 2.45) is 0 Å². The van der Waals surface area contributed by atoms with Gasteiger partial charge in [0.25, 0.3) is 0 Å². The molecule has 0 spiro atoms. The maximum Gasteiger partial charge on any atom is 0.161 e. The zero-order valence-electron chi connectivity index (χ0n) is 12.0. The Kier molecular flexibility index (Phi) is 4.66. The molecule has 0 saturated carbocycles. The molecule has 0 aromatic heterocycles. The van der Waals surface area contributed by atoms with E-state index < -0.39 is 0 Å². The van der Waals surface area contributed by atoms with E-state index >= 15 is 0 Å². The number of hydrogen-bond donors (Lipinski definition) is 1. The van der Waals surface area contributed by atoms with Crippen molar-refractivity contribution in [1.82, 2.24) is 4.90 Å². The summed E-state index contributed by atoms with van der Waals surface area (Å²) in [7, 11) is 3.31. The zero-order chi connectivity index (χ0) is 13.8. The number of methoxy groups -OCH3 is 2. The first-order chi connectivity index (χ1) is 9.19. The second-order valence-corrected chi connectivity index (χ2v) is 5.08. The Morgan fingerprint density at radius 1 is 1.26 bits per heavy atom. The third kappa shape index (κ3) is 3.01. The number of hydrogen-bond acceptors (Lipinski definition) is 4. The number of rotatable bonds is 5. The normalized spacial score (nSPS) is 19.7. The fourth-order valence-corrected chi connectivity index (χ4v) is 2.72. The molecule has 1 N–H and O–H groups in total. The maximum absolute atomic E-state index is 9.38. The van der Waals surface area contributed by atoms with Gasteiger partial charge in [0, 0.05) is 12.6 Å². The van der Waals surface area contributed by atoms with Gasteiger partial charge in [-0.1, -0.05) is 0 Å².